The van der Waals surface area contributed by atoms with E-state index in [-0.39, 0.29) is 23.2 Å². The van der Waals surface area contributed by atoms with Crippen LogP contribution in [0.2, 0.25) is 0 Å². The van der Waals surface area contributed by atoms with Crippen molar-refractivity contribution in [3.05, 3.63) is 59.2 Å². The number of aryl methyl sites for hydroxylation is 2. The Morgan fingerprint density at radius 1 is 1.21 bits per heavy atom. The molecule has 152 valence electrons. The van der Waals surface area contributed by atoms with Crippen LogP contribution in [0.5, 0.6) is 0 Å². The van der Waals surface area contributed by atoms with Gasteiger partial charge in [-0.2, -0.15) is 13.2 Å². The molecule has 0 bridgehead atoms. The van der Waals surface area contributed by atoms with E-state index in [4.69, 9.17) is 0 Å². The SMILES string of the molecule is Cc1ccc(NC(=O)CC2SC(=Nc3ccccc3C(F)(F)F)NC2=O)c(C)c1. The first kappa shape index (κ1) is 20.9. The van der Waals surface area contributed by atoms with Gasteiger partial charge in [0.2, 0.25) is 11.8 Å². The molecule has 9 heteroatoms. The number of rotatable bonds is 4. The van der Waals surface area contributed by atoms with Gasteiger partial charge in [-0.15, -0.1) is 0 Å². The molecule has 1 saturated heterocycles. The topological polar surface area (TPSA) is 70.6 Å². The van der Waals surface area contributed by atoms with E-state index in [0.29, 0.717) is 5.69 Å². The van der Waals surface area contributed by atoms with E-state index in [2.05, 4.69) is 15.6 Å². The van der Waals surface area contributed by atoms with Crippen molar-refractivity contribution in [2.24, 2.45) is 4.99 Å². The second-order valence-corrected chi connectivity index (χ2v) is 7.79. The van der Waals surface area contributed by atoms with Crippen molar-refractivity contribution in [2.45, 2.75) is 31.7 Å². The quantitative estimate of drug-likeness (QED) is 0.760. The lowest BCUT2D eigenvalue weighted by Gasteiger charge is -2.10. The first-order valence-corrected chi connectivity index (χ1v) is 9.61. The number of halogens is 3. The fourth-order valence-electron chi connectivity index (χ4n) is 2.84. The Kier molecular flexibility index (Phi) is 5.97. The summed E-state index contributed by atoms with van der Waals surface area (Å²) in [5.41, 5.74) is 1.43. The Balaban J connectivity index is 1.69. The first-order chi connectivity index (χ1) is 13.6. The van der Waals surface area contributed by atoms with Gasteiger partial charge in [-0.3, -0.25) is 9.59 Å². The number of aliphatic imine (C=N–C) groups is 1. The average molecular weight is 421 g/mol. The number of nitrogens with zero attached hydrogens (tertiary/aromatic N) is 1. The lowest BCUT2D eigenvalue weighted by molar-refractivity contribution is -0.137. The smallest absolute Gasteiger partial charge is 0.326 e. The van der Waals surface area contributed by atoms with Gasteiger partial charge in [0.05, 0.1) is 11.3 Å². The molecule has 0 radical (unpaired) electrons. The zero-order valence-electron chi connectivity index (χ0n) is 15.6. The molecular weight excluding hydrogens is 403 g/mol. The van der Waals surface area contributed by atoms with Crippen molar-refractivity contribution in [1.29, 1.82) is 0 Å². The van der Waals surface area contributed by atoms with Crippen LogP contribution in [0, 0.1) is 13.8 Å². The molecule has 1 aliphatic rings. The Labute approximate surface area is 169 Å². The summed E-state index contributed by atoms with van der Waals surface area (Å²) in [6.45, 7) is 3.80. The lowest BCUT2D eigenvalue weighted by Crippen LogP contribution is -2.28. The van der Waals surface area contributed by atoms with Crippen LogP contribution in [-0.4, -0.2) is 22.2 Å². The summed E-state index contributed by atoms with van der Waals surface area (Å²) in [6.07, 6.45) is -4.68. The fourth-order valence-corrected chi connectivity index (χ4v) is 3.82. The normalized spacial score (nSPS) is 18.0. The third-order valence-electron chi connectivity index (χ3n) is 4.23. The van der Waals surface area contributed by atoms with Crippen molar-refractivity contribution in [1.82, 2.24) is 5.32 Å². The minimum Gasteiger partial charge on any atom is -0.326 e. The summed E-state index contributed by atoms with van der Waals surface area (Å²) in [5, 5.41) is 4.48. The van der Waals surface area contributed by atoms with Gasteiger partial charge < -0.3 is 10.6 Å². The number of para-hydroxylation sites is 1. The fraction of sp³-hybridized carbons (Fsp3) is 0.250. The van der Waals surface area contributed by atoms with Crippen molar-refractivity contribution < 1.29 is 22.8 Å². The zero-order valence-corrected chi connectivity index (χ0v) is 16.4. The Morgan fingerprint density at radius 3 is 2.62 bits per heavy atom. The maximum absolute atomic E-state index is 13.1. The third kappa shape index (κ3) is 5.17. The number of nitrogens with one attached hydrogen (secondary N) is 2. The third-order valence-corrected chi connectivity index (χ3v) is 5.32. The second kappa shape index (κ2) is 8.28. The molecular formula is C20H18F3N3O2S. The number of thioether (sulfide) groups is 1. The van der Waals surface area contributed by atoms with Crippen LogP contribution in [0.3, 0.4) is 0 Å². The number of anilines is 1. The number of carbonyl (C=O) groups is 2. The molecule has 0 aromatic heterocycles. The van der Waals surface area contributed by atoms with Crippen molar-refractivity contribution in [3.63, 3.8) is 0 Å². The highest BCUT2D eigenvalue weighted by molar-refractivity contribution is 8.15. The van der Waals surface area contributed by atoms with E-state index in [1.165, 1.54) is 18.2 Å². The van der Waals surface area contributed by atoms with E-state index in [1.54, 1.807) is 6.07 Å². The molecule has 2 amide bonds. The summed E-state index contributed by atoms with van der Waals surface area (Å²) in [6, 6.07) is 10.4. The molecule has 1 unspecified atom stereocenters. The number of benzene rings is 2. The maximum Gasteiger partial charge on any atom is 0.418 e. The highest BCUT2D eigenvalue weighted by Crippen LogP contribution is 2.37. The van der Waals surface area contributed by atoms with Crippen molar-refractivity contribution in [3.8, 4) is 0 Å². The van der Waals surface area contributed by atoms with Crippen LogP contribution in [-0.2, 0) is 15.8 Å². The summed E-state index contributed by atoms with van der Waals surface area (Å²) >= 11 is 0.940. The molecule has 3 rings (SSSR count). The molecule has 1 atom stereocenters. The van der Waals surface area contributed by atoms with Crippen LogP contribution in [0.1, 0.15) is 23.1 Å². The van der Waals surface area contributed by atoms with Crippen LogP contribution in [0.4, 0.5) is 24.5 Å². The van der Waals surface area contributed by atoms with E-state index in [0.717, 1.165) is 29.0 Å². The van der Waals surface area contributed by atoms with E-state index < -0.39 is 22.9 Å². The monoisotopic (exact) mass is 421 g/mol. The van der Waals surface area contributed by atoms with Crippen LogP contribution in [0.15, 0.2) is 47.5 Å². The zero-order chi connectivity index (χ0) is 21.2. The predicted octanol–water partition coefficient (Wildman–Crippen LogP) is 4.57. The minimum absolute atomic E-state index is 0.0380. The Morgan fingerprint density at radius 2 is 1.93 bits per heavy atom. The lowest BCUT2D eigenvalue weighted by atomic mass is 10.1. The highest BCUT2D eigenvalue weighted by atomic mass is 32.2. The van der Waals surface area contributed by atoms with E-state index in [9.17, 15) is 22.8 Å². The highest BCUT2D eigenvalue weighted by Gasteiger charge is 2.35. The second-order valence-electron chi connectivity index (χ2n) is 6.60. The molecule has 2 N–H and O–H groups in total. The molecule has 0 aliphatic carbocycles. The number of amidine groups is 1. The summed E-state index contributed by atoms with van der Waals surface area (Å²) in [7, 11) is 0. The minimum atomic E-state index is -4.56. The van der Waals surface area contributed by atoms with Gasteiger partial charge >= 0.3 is 6.18 Å². The Bertz CT molecular complexity index is 989. The van der Waals surface area contributed by atoms with Crippen LogP contribution >= 0.6 is 11.8 Å². The van der Waals surface area contributed by atoms with Gasteiger partial charge in [-0.05, 0) is 37.6 Å². The molecule has 1 fully saturated rings. The van der Waals surface area contributed by atoms with Crippen molar-refractivity contribution >= 4 is 40.1 Å². The van der Waals surface area contributed by atoms with Crippen molar-refractivity contribution in [2.75, 3.05) is 5.32 Å². The molecule has 29 heavy (non-hydrogen) atoms. The largest absolute Gasteiger partial charge is 0.418 e. The molecule has 1 aliphatic heterocycles. The summed E-state index contributed by atoms with van der Waals surface area (Å²) in [5.74, 6) is -0.824. The summed E-state index contributed by atoms with van der Waals surface area (Å²) < 4.78 is 39.3. The van der Waals surface area contributed by atoms with E-state index >= 15 is 0 Å². The summed E-state index contributed by atoms with van der Waals surface area (Å²) in [4.78, 5) is 28.4. The maximum atomic E-state index is 13.1. The number of hydrogen-bond donors (Lipinski definition) is 2. The Hall–Kier alpha value is -2.81. The van der Waals surface area contributed by atoms with Gasteiger partial charge in [0.25, 0.3) is 0 Å². The molecule has 5 nitrogen and oxygen atoms in total. The van der Waals surface area contributed by atoms with Gasteiger partial charge in [0, 0.05) is 12.1 Å². The van der Waals surface area contributed by atoms with Gasteiger partial charge in [-0.25, -0.2) is 4.99 Å². The van der Waals surface area contributed by atoms with Crippen LogP contribution < -0.4 is 10.6 Å². The van der Waals surface area contributed by atoms with Gasteiger partial charge in [0.1, 0.15) is 5.25 Å². The van der Waals surface area contributed by atoms with Gasteiger partial charge in [-0.1, -0.05) is 41.6 Å². The average Bonchev–Trinajstić information content (AvgIpc) is 2.96. The van der Waals surface area contributed by atoms with E-state index in [1.807, 2.05) is 26.0 Å². The number of alkyl halides is 3. The van der Waals surface area contributed by atoms with Crippen LogP contribution in [0.25, 0.3) is 0 Å². The molecule has 0 spiro atoms. The van der Waals surface area contributed by atoms with Gasteiger partial charge in [0.15, 0.2) is 5.17 Å². The first-order valence-electron chi connectivity index (χ1n) is 8.73. The molecule has 2 aromatic carbocycles. The number of hydrogen-bond acceptors (Lipinski definition) is 4. The number of amides is 2. The molecule has 1 heterocycles. The number of carbonyl (C=O) groups excluding carboxylic acids is 2. The molecule has 0 saturated carbocycles. The predicted molar refractivity (Wildman–Crippen MR) is 107 cm³/mol. The molecule has 2 aromatic rings. The standard InChI is InChI=1S/C20H18F3N3O2S/c1-11-7-8-14(12(2)9-11)24-17(27)10-16-18(28)26-19(29-16)25-15-6-4-3-5-13(15)20(21,22)23/h3-9,16H,10H2,1-2H3,(H,24,27)(H,25,26,28).